The maximum atomic E-state index is 6.04. The lowest BCUT2D eigenvalue weighted by atomic mass is 10.1. The summed E-state index contributed by atoms with van der Waals surface area (Å²) in [5.74, 6) is 0. The fourth-order valence-electron chi connectivity index (χ4n) is 1.73. The van der Waals surface area contributed by atoms with Crippen molar-refractivity contribution in [2.45, 2.75) is 20.4 Å². The Labute approximate surface area is 121 Å². The minimum atomic E-state index is 0.489. The molecule has 0 aliphatic rings. The van der Waals surface area contributed by atoms with Gasteiger partial charge in [-0.25, -0.2) is 4.98 Å². The van der Waals surface area contributed by atoms with Crippen LogP contribution < -0.4 is 5.32 Å². The van der Waals surface area contributed by atoms with Crippen LogP contribution in [-0.4, -0.2) is 4.98 Å². The third-order valence-corrected chi connectivity index (χ3v) is 3.51. The van der Waals surface area contributed by atoms with Crippen LogP contribution in [0.5, 0.6) is 0 Å². The number of hydrogen-bond acceptors (Lipinski definition) is 2. The number of rotatable bonds is 3. The lowest BCUT2D eigenvalue weighted by molar-refractivity contribution is 1.10. The minimum absolute atomic E-state index is 0.489. The molecule has 1 heterocycles. The molecule has 0 spiro atoms. The standard InChI is InChI=1S/C14H14BrClN2/c1-9-3-4-10(2)11(5-9)7-17-13-6-12(15)8-18-14(13)16/h3-6,8,17H,7H2,1-2H3. The monoisotopic (exact) mass is 324 g/mol. The first-order valence-electron chi connectivity index (χ1n) is 5.67. The van der Waals surface area contributed by atoms with Crippen LogP contribution in [-0.2, 0) is 6.54 Å². The van der Waals surface area contributed by atoms with Gasteiger partial charge >= 0.3 is 0 Å². The van der Waals surface area contributed by atoms with Gasteiger partial charge in [-0.2, -0.15) is 0 Å². The molecule has 1 aromatic heterocycles. The second-order valence-corrected chi connectivity index (χ2v) is 5.55. The van der Waals surface area contributed by atoms with Crippen molar-refractivity contribution in [3.63, 3.8) is 0 Å². The third-order valence-electron chi connectivity index (χ3n) is 2.78. The minimum Gasteiger partial charge on any atom is -0.378 e. The molecule has 94 valence electrons. The van der Waals surface area contributed by atoms with Crippen molar-refractivity contribution in [3.8, 4) is 0 Å². The first-order chi connectivity index (χ1) is 8.56. The molecule has 18 heavy (non-hydrogen) atoms. The predicted molar refractivity (Wildman–Crippen MR) is 80.2 cm³/mol. The van der Waals surface area contributed by atoms with Gasteiger partial charge in [0, 0.05) is 17.2 Å². The molecule has 1 aromatic carbocycles. The number of nitrogens with zero attached hydrogens (tertiary/aromatic N) is 1. The van der Waals surface area contributed by atoms with Crippen molar-refractivity contribution in [2.24, 2.45) is 0 Å². The van der Waals surface area contributed by atoms with Crippen LogP contribution in [0.3, 0.4) is 0 Å². The van der Waals surface area contributed by atoms with Gasteiger partial charge in [-0.05, 0) is 47.0 Å². The number of hydrogen-bond donors (Lipinski definition) is 1. The van der Waals surface area contributed by atoms with Gasteiger partial charge in [0.2, 0.25) is 0 Å². The van der Waals surface area contributed by atoms with Crippen LogP contribution in [0.2, 0.25) is 5.15 Å². The summed E-state index contributed by atoms with van der Waals surface area (Å²) in [7, 11) is 0. The number of anilines is 1. The van der Waals surface area contributed by atoms with Crippen molar-refractivity contribution in [1.29, 1.82) is 0 Å². The molecule has 0 bridgehead atoms. The zero-order valence-electron chi connectivity index (χ0n) is 10.3. The summed E-state index contributed by atoms with van der Waals surface area (Å²) in [5.41, 5.74) is 4.64. The van der Waals surface area contributed by atoms with E-state index in [-0.39, 0.29) is 0 Å². The number of aryl methyl sites for hydroxylation is 2. The Balaban J connectivity index is 2.16. The summed E-state index contributed by atoms with van der Waals surface area (Å²) < 4.78 is 0.912. The number of benzene rings is 1. The van der Waals surface area contributed by atoms with Gasteiger partial charge in [0.1, 0.15) is 0 Å². The van der Waals surface area contributed by atoms with E-state index in [0.29, 0.717) is 5.15 Å². The first-order valence-corrected chi connectivity index (χ1v) is 6.84. The van der Waals surface area contributed by atoms with E-state index >= 15 is 0 Å². The van der Waals surface area contributed by atoms with Crippen LogP contribution in [0, 0.1) is 13.8 Å². The van der Waals surface area contributed by atoms with Gasteiger partial charge in [0.05, 0.1) is 5.69 Å². The number of aromatic nitrogens is 1. The first kappa shape index (κ1) is 13.4. The molecule has 4 heteroatoms. The van der Waals surface area contributed by atoms with Crippen LogP contribution in [0.15, 0.2) is 34.9 Å². The lowest BCUT2D eigenvalue weighted by Gasteiger charge is -2.11. The van der Waals surface area contributed by atoms with Crippen molar-refractivity contribution >= 4 is 33.2 Å². The second kappa shape index (κ2) is 5.72. The Hall–Kier alpha value is -1.06. The molecule has 0 saturated carbocycles. The summed E-state index contributed by atoms with van der Waals surface area (Å²) >= 11 is 9.43. The van der Waals surface area contributed by atoms with Gasteiger partial charge in [-0.3, -0.25) is 0 Å². The quantitative estimate of drug-likeness (QED) is 0.825. The van der Waals surface area contributed by atoms with E-state index in [2.05, 4.69) is 58.3 Å². The van der Waals surface area contributed by atoms with Crippen LogP contribution in [0.4, 0.5) is 5.69 Å². The smallest absolute Gasteiger partial charge is 0.152 e. The van der Waals surface area contributed by atoms with Gasteiger partial charge in [-0.15, -0.1) is 0 Å². The van der Waals surface area contributed by atoms with Gasteiger partial charge in [-0.1, -0.05) is 35.4 Å². The molecule has 0 aliphatic carbocycles. The zero-order chi connectivity index (χ0) is 13.1. The Morgan fingerprint density at radius 3 is 2.83 bits per heavy atom. The van der Waals surface area contributed by atoms with E-state index in [1.54, 1.807) is 6.20 Å². The highest BCUT2D eigenvalue weighted by Gasteiger charge is 2.04. The number of nitrogens with one attached hydrogen (secondary N) is 1. The molecule has 0 fully saturated rings. The molecule has 0 atom stereocenters. The largest absolute Gasteiger partial charge is 0.378 e. The maximum absolute atomic E-state index is 6.04. The fraction of sp³-hybridized carbons (Fsp3) is 0.214. The summed E-state index contributed by atoms with van der Waals surface area (Å²) in [4.78, 5) is 4.09. The highest BCUT2D eigenvalue weighted by molar-refractivity contribution is 9.10. The highest BCUT2D eigenvalue weighted by atomic mass is 79.9. The molecule has 2 aromatic rings. The topological polar surface area (TPSA) is 24.9 Å². The molecule has 1 N–H and O–H groups in total. The molecule has 0 saturated heterocycles. The van der Waals surface area contributed by atoms with Crippen molar-refractivity contribution in [3.05, 3.63) is 56.8 Å². The van der Waals surface area contributed by atoms with E-state index in [9.17, 15) is 0 Å². The average molecular weight is 326 g/mol. The van der Waals surface area contributed by atoms with Gasteiger partial charge in [0.25, 0.3) is 0 Å². The lowest BCUT2D eigenvalue weighted by Crippen LogP contribution is -2.02. The van der Waals surface area contributed by atoms with Gasteiger partial charge in [0.15, 0.2) is 5.15 Å². The molecular weight excluding hydrogens is 312 g/mol. The Morgan fingerprint density at radius 2 is 2.06 bits per heavy atom. The van der Waals surface area contributed by atoms with E-state index in [4.69, 9.17) is 11.6 Å². The Kier molecular flexibility index (Phi) is 4.25. The Morgan fingerprint density at radius 1 is 1.28 bits per heavy atom. The van der Waals surface area contributed by atoms with Crippen molar-refractivity contribution in [1.82, 2.24) is 4.98 Å². The molecule has 0 radical (unpaired) electrons. The molecular formula is C14H14BrClN2. The fourth-order valence-corrected chi connectivity index (χ4v) is 2.23. The molecule has 2 nitrogen and oxygen atoms in total. The summed E-state index contributed by atoms with van der Waals surface area (Å²) in [6.45, 7) is 4.94. The summed E-state index contributed by atoms with van der Waals surface area (Å²) in [6.07, 6.45) is 1.69. The summed E-state index contributed by atoms with van der Waals surface area (Å²) in [5, 5.41) is 3.80. The molecule has 0 unspecified atom stereocenters. The average Bonchev–Trinajstić information content (AvgIpc) is 2.34. The van der Waals surface area contributed by atoms with E-state index < -0.39 is 0 Å². The third kappa shape index (κ3) is 3.24. The molecule has 2 rings (SSSR count). The van der Waals surface area contributed by atoms with Gasteiger partial charge < -0.3 is 5.32 Å². The van der Waals surface area contributed by atoms with Crippen LogP contribution in [0.25, 0.3) is 0 Å². The van der Waals surface area contributed by atoms with Crippen LogP contribution in [0.1, 0.15) is 16.7 Å². The maximum Gasteiger partial charge on any atom is 0.152 e. The van der Waals surface area contributed by atoms with E-state index in [1.165, 1.54) is 16.7 Å². The predicted octanol–water partition coefficient (Wildman–Crippen LogP) is 4.73. The molecule has 0 aliphatic heterocycles. The Bertz CT molecular complexity index is 518. The highest BCUT2D eigenvalue weighted by Crippen LogP contribution is 2.24. The number of halogens is 2. The molecule has 0 amide bonds. The summed E-state index contributed by atoms with van der Waals surface area (Å²) in [6, 6.07) is 8.36. The van der Waals surface area contributed by atoms with E-state index in [0.717, 1.165) is 16.7 Å². The number of pyridine rings is 1. The van der Waals surface area contributed by atoms with Crippen molar-refractivity contribution < 1.29 is 0 Å². The zero-order valence-corrected chi connectivity index (χ0v) is 12.6. The van der Waals surface area contributed by atoms with E-state index in [1.807, 2.05) is 6.07 Å². The normalized spacial score (nSPS) is 10.4. The SMILES string of the molecule is Cc1ccc(C)c(CNc2cc(Br)cnc2Cl)c1. The van der Waals surface area contributed by atoms with Crippen molar-refractivity contribution in [2.75, 3.05) is 5.32 Å². The van der Waals surface area contributed by atoms with Crippen LogP contribution >= 0.6 is 27.5 Å². The second-order valence-electron chi connectivity index (χ2n) is 4.28.